The monoisotopic (exact) mass is 287 g/mol. The molecule has 112 valence electrons. The van der Waals surface area contributed by atoms with Crippen molar-refractivity contribution < 1.29 is 9.84 Å². The molecule has 2 saturated heterocycles. The second-order valence-electron chi connectivity index (χ2n) is 5.99. The van der Waals surface area contributed by atoms with E-state index in [2.05, 4.69) is 16.0 Å². The molecule has 2 aliphatic rings. The fourth-order valence-electron chi connectivity index (χ4n) is 3.36. The average molecular weight is 287 g/mol. The van der Waals surface area contributed by atoms with Gasteiger partial charge in [-0.05, 0) is 44.7 Å². The zero-order chi connectivity index (χ0) is 14.9. The first-order valence-corrected chi connectivity index (χ1v) is 7.59. The second-order valence-corrected chi connectivity index (χ2v) is 5.99. The van der Waals surface area contributed by atoms with Gasteiger partial charge in [0.15, 0.2) is 0 Å². The lowest BCUT2D eigenvalue weighted by molar-refractivity contribution is -0.164. The Kier molecular flexibility index (Phi) is 3.83. The van der Waals surface area contributed by atoms with E-state index in [-0.39, 0.29) is 11.7 Å². The molecule has 3 rings (SSSR count). The van der Waals surface area contributed by atoms with Gasteiger partial charge in [0.1, 0.15) is 11.9 Å². The van der Waals surface area contributed by atoms with Crippen LogP contribution in [0.15, 0.2) is 12.1 Å². The highest BCUT2D eigenvalue weighted by Gasteiger charge is 2.44. The van der Waals surface area contributed by atoms with Gasteiger partial charge >= 0.3 is 0 Å². The van der Waals surface area contributed by atoms with Gasteiger partial charge in [0.25, 0.3) is 0 Å². The molecule has 1 aromatic heterocycles. The minimum Gasteiger partial charge on any atom is -0.390 e. The zero-order valence-electron chi connectivity index (χ0n) is 12.4. The number of aliphatic hydroxyl groups is 1. The predicted molar refractivity (Wildman–Crippen MR) is 79.1 cm³/mol. The minimum atomic E-state index is -0.384. The van der Waals surface area contributed by atoms with Crippen molar-refractivity contribution in [3.8, 4) is 6.07 Å². The van der Waals surface area contributed by atoms with E-state index in [4.69, 9.17) is 4.74 Å². The maximum Gasteiger partial charge on any atom is 0.146 e. The van der Waals surface area contributed by atoms with Crippen LogP contribution in [0.5, 0.6) is 0 Å². The topological polar surface area (TPSA) is 69.4 Å². The number of nitriles is 1. The summed E-state index contributed by atoms with van der Waals surface area (Å²) >= 11 is 0. The molecule has 0 aliphatic carbocycles. The fourth-order valence-corrected chi connectivity index (χ4v) is 3.36. The zero-order valence-corrected chi connectivity index (χ0v) is 12.4. The molecule has 1 N–H and O–H groups in total. The molecule has 5 heteroatoms. The number of aliphatic hydroxyl groups excluding tert-OH is 1. The number of anilines is 1. The third kappa shape index (κ3) is 2.61. The minimum absolute atomic E-state index is 0.366. The van der Waals surface area contributed by atoms with Crippen LogP contribution in [-0.4, -0.2) is 41.5 Å². The molecule has 0 amide bonds. The predicted octanol–water partition coefficient (Wildman–Crippen LogP) is 1.77. The van der Waals surface area contributed by atoms with E-state index < -0.39 is 0 Å². The first-order chi connectivity index (χ1) is 10.1. The number of rotatable bonds is 1. The van der Waals surface area contributed by atoms with Gasteiger partial charge in [-0.25, -0.2) is 4.98 Å². The highest BCUT2D eigenvalue weighted by Crippen LogP contribution is 2.36. The van der Waals surface area contributed by atoms with Gasteiger partial charge in [-0.15, -0.1) is 0 Å². The summed E-state index contributed by atoms with van der Waals surface area (Å²) < 4.78 is 5.92. The van der Waals surface area contributed by atoms with Gasteiger partial charge in [0.2, 0.25) is 0 Å². The molecular formula is C16H21N3O2. The quantitative estimate of drug-likeness (QED) is 0.852. The van der Waals surface area contributed by atoms with Gasteiger partial charge in [-0.2, -0.15) is 5.26 Å². The summed E-state index contributed by atoms with van der Waals surface area (Å²) in [5.74, 6) is 0.762. The highest BCUT2D eigenvalue weighted by molar-refractivity contribution is 5.54. The normalized spacial score (nSPS) is 24.8. The average Bonchev–Trinajstić information content (AvgIpc) is 2.51. The van der Waals surface area contributed by atoms with E-state index in [1.807, 2.05) is 19.1 Å². The summed E-state index contributed by atoms with van der Waals surface area (Å²) in [5, 5.41) is 19.5. The molecule has 0 saturated carbocycles. The molecule has 2 aliphatic heterocycles. The first-order valence-electron chi connectivity index (χ1n) is 7.59. The summed E-state index contributed by atoms with van der Waals surface area (Å²) in [4.78, 5) is 6.66. The molecule has 5 nitrogen and oxygen atoms in total. The van der Waals surface area contributed by atoms with Crippen LogP contribution in [0.2, 0.25) is 0 Å². The van der Waals surface area contributed by atoms with Gasteiger partial charge < -0.3 is 14.7 Å². The van der Waals surface area contributed by atoms with Gasteiger partial charge in [-0.1, -0.05) is 0 Å². The standard InChI is InChI=1S/C16H21N3O2/c1-12-4-5-13(11-17)15(18-12)19-8-6-16(7-9-19)14(20)3-2-10-21-16/h4-5,14,20H,2-3,6-10H2,1H3/t14-/m0/s1. The summed E-state index contributed by atoms with van der Waals surface area (Å²) in [6.07, 6.45) is 2.97. The molecule has 0 radical (unpaired) electrons. The maximum absolute atomic E-state index is 10.3. The van der Waals surface area contributed by atoms with Crippen LogP contribution >= 0.6 is 0 Å². The Hall–Kier alpha value is -1.64. The lowest BCUT2D eigenvalue weighted by Crippen LogP contribution is -2.55. The van der Waals surface area contributed by atoms with Crippen molar-refractivity contribution in [1.82, 2.24) is 4.98 Å². The molecule has 3 heterocycles. The third-order valence-electron chi connectivity index (χ3n) is 4.66. The van der Waals surface area contributed by atoms with E-state index in [9.17, 15) is 10.4 Å². The largest absolute Gasteiger partial charge is 0.390 e. The smallest absolute Gasteiger partial charge is 0.146 e. The maximum atomic E-state index is 10.3. The number of nitrogens with zero attached hydrogens (tertiary/aromatic N) is 3. The lowest BCUT2D eigenvalue weighted by atomic mass is 9.82. The molecule has 21 heavy (non-hydrogen) atoms. The number of hydrogen-bond donors (Lipinski definition) is 1. The third-order valence-corrected chi connectivity index (χ3v) is 4.66. The van der Waals surface area contributed by atoms with Crippen molar-refractivity contribution in [2.45, 2.75) is 44.3 Å². The van der Waals surface area contributed by atoms with Crippen molar-refractivity contribution >= 4 is 5.82 Å². The van der Waals surface area contributed by atoms with Crippen molar-refractivity contribution in [1.29, 1.82) is 5.26 Å². The fraction of sp³-hybridized carbons (Fsp3) is 0.625. The summed E-state index contributed by atoms with van der Waals surface area (Å²) in [7, 11) is 0. The number of ether oxygens (including phenoxy) is 1. The lowest BCUT2D eigenvalue weighted by Gasteiger charge is -2.47. The van der Waals surface area contributed by atoms with Gasteiger partial charge in [0, 0.05) is 25.4 Å². The molecule has 1 atom stereocenters. The van der Waals surface area contributed by atoms with Crippen LogP contribution in [-0.2, 0) is 4.74 Å². The van der Waals surface area contributed by atoms with Crippen molar-refractivity contribution in [3.05, 3.63) is 23.4 Å². The first kappa shape index (κ1) is 14.3. The Bertz CT molecular complexity index is 559. The van der Waals surface area contributed by atoms with E-state index in [1.54, 1.807) is 0 Å². The van der Waals surface area contributed by atoms with E-state index >= 15 is 0 Å². The number of pyridine rings is 1. The second kappa shape index (κ2) is 5.63. The van der Waals surface area contributed by atoms with Crippen LogP contribution < -0.4 is 4.90 Å². The van der Waals surface area contributed by atoms with E-state index in [0.29, 0.717) is 5.56 Å². The molecular weight excluding hydrogens is 266 g/mol. The van der Waals surface area contributed by atoms with Crippen LogP contribution in [0.3, 0.4) is 0 Å². The van der Waals surface area contributed by atoms with Gasteiger partial charge in [-0.3, -0.25) is 0 Å². The molecule has 0 unspecified atom stereocenters. The Balaban J connectivity index is 1.77. The van der Waals surface area contributed by atoms with E-state index in [0.717, 1.165) is 56.9 Å². The van der Waals surface area contributed by atoms with Crippen molar-refractivity contribution in [2.75, 3.05) is 24.6 Å². The number of hydrogen-bond acceptors (Lipinski definition) is 5. The van der Waals surface area contributed by atoms with Crippen LogP contribution in [0.4, 0.5) is 5.82 Å². The molecule has 2 fully saturated rings. The summed E-state index contributed by atoms with van der Waals surface area (Å²) in [6, 6.07) is 5.91. The molecule has 1 aromatic rings. The Morgan fingerprint density at radius 1 is 1.43 bits per heavy atom. The number of aryl methyl sites for hydroxylation is 1. The molecule has 0 bridgehead atoms. The van der Waals surface area contributed by atoms with E-state index in [1.165, 1.54) is 0 Å². The Morgan fingerprint density at radius 3 is 2.86 bits per heavy atom. The van der Waals surface area contributed by atoms with Crippen molar-refractivity contribution in [2.24, 2.45) is 0 Å². The number of piperidine rings is 1. The summed E-state index contributed by atoms with van der Waals surface area (Å²) in [6.45, 7) is 4.21. The van der Waals surface area contributed by atoms with Crippen molar-refractivity contribution in [3.63, 3.8) is 0 Å². The number of aromatic nitrogens is 1. The SMILES string of the molecule is Cc1ccc(C#N)c(N2CCC3(CC2)OCCC[C@@H]3O)n1. The van der Waals surface area contributed by atoms with Crippen LogP contribution in [0.25, 0.3) is 0 Å². The summed E-state index contributed by atoms with van der Waals surface area (Å²) in [5.41, 5.74) is 1.14. The van der Waals surface area contributed by atoms with Crippen LogP contribution in [0, 0.1) is 18.3 Å². The Labute approximate surface area is 125 Å². The Morgan fingerprint density at radius 2 is 2.19 bits per heavy atom. The highest BCUT2D eigenvalue weighted by atomic mass is 16.5. The molecule has 0 aromatic carbocycles. The van der Waals surface area contributed by atoms with Crippen LogP contribution in [0.1, 0.15) is 36.9 Å². The van der Waals surface area contributed by atoms with Gasteiger partial charge in [0.05, 0.1) is 17.3 Å². The molecule has 1 spiro atoms.